The van der Waals surface area contributed by atoms with E-state index in [2.05, 4.69) is 75.3 Å². The quantitative estimate of drug-likeness (QED) is 0.899. The molecule has 0 aliphatic rings. The van der Waals surface area contributed by atoms with Crippen LogP contribution in [0.3, 0.4) is 0 Å². The molecule has 0 aliphatic carbocycles. The van der Waals surface area contributed by atoms with Gasteiger partial charge in [-0.05, 0) is 36.3 Å². The third-order valence-electron chi connectivity index (χ3n) is 3.88. The lowest BCUT2D eigenvalue weighted by Gasteiger charge is -2.29. The molecule has 108 valence electrons. The van der Waals surface area contributed by atoms with Crippen LogP contribution in [0.1, 0.15) is 25.3 Å². The largest absolute Gasteiger partial charge is 0.392 e. The van der Waals surface area contributed by atoms with Gasteiger partial charge in [-0.1, -0.05) is 56.3 Å². The lowest BCUT2D eigenvalue weighted by atomic mass is 9.84. The molecule has 0 amide bonds. The number of aliphatic hydroxyl groups excluding tert-OH is 1. The summed E-state index contributed by atoms with van der Waals surface area (Å²) in [6, 6.07) is 14.8. The number of rotatable bonds is 5. The third kappa shape index (κ3) is 3.20. The number of benzene rings is 2. The lowest BCUT2D eigenvalue weighted by molar-refractivity contribution is 0.0853. The van der Waals surface area contributed by atoms with Crippen molar-refractivity contribution in [3.63, 3.8) is 0 Å². The van der Waals surface area contributed by atoms with Crippen molar-refractivity contribution in [1.29, 1.82) is 0 Å². The first-order chi connectivity index (χ1) is 9.50. The maximum absolute atomic E-state index is 10.6. The number of likely N-dealkylation sites (N-methyl/N-ethyl adjacent to an activating group) is 1. The van der Waals surface area contributed by atoms with E-state index in [1.54, 1.807) is 0 Å². The summed E-state index contributed by atoms with van der Waals surface area (Å²) in [7, 11) is 4.12. The molecule has 0 unspecified atom stereocenters. The average molecular weight is 271 g/mol. The van der Waals surface area contributed by atoms with Gasteiger partial charge in [0.25, 0.3) is 0 Å². The van der Waals surface area contributed by atoms with Gasteiger partial charge >= 0.3 is 0 Å². The van der Waals surface area contributed by atoms with E-state index in [4.69, 9.17) is 0 Å². The Kier molecular flexibility index (Phi) is 4.79. The molecular formula is C18H25NO. The van der Waals surface area contributed by atoms with Crippen LogP contribution in [-0.2, 0) is 0 Å². The highest BCUT2D eigenvalue weighted by atomic mass is 16.3. The van der Waals surface area contributed by atoms with Gasteiger partial charge in [0, 0.05) is 12.5 Å². The van der Waals surface area contributed by atoms with Crippen molar-refractivity contribution in [3.8, 4) is 0 Å². The summed E-state index contributed by atoms with van der Waals surface area (Å²) in [5.41, 5.74) is 1.25. The summed E-state index contributed by atoms with van der Waals surface area (Å²) >= 11 is 0. The van der Waals surface area contributed by atoms with Crippen LogP contribution in [0.2, 0.25) is 0 Å². The molecule has 0 aliphatic heterocycles. The van der Waals surface area contributed by atoms with E-state index in [1.807, 2.05) is 0 Å². The van der Waals surface area contributed by atoms with E-state index in [0.29, 0.717) is 0 Å². The molecule has 0 saturated carbocycles. The van der Waals surface area contributed by atoms with Crippen LogP contribution in [0.5, 0.6) is 0 Å². The molecule has 20 heavy (non-hydrogen) atoms. The van der Waals surface area contributed by atoms with Crippen LogP contribution in [0.4, 0.5) is 0 Å². The van der Waals surface area contributed by atoms with E-state index >= 15 is 0 Å². The average Bonchev–Trinajstić information content (AvgIpc) is 2.43. The van der Waals surface area contributed by atoms with Crippen LogP contribution in [0, 0.1) is 5.92 Å². The predicted octanol–water partition coefficient (Wildman–Crippen LogP) is 3.50. The number of fused-ring (bicyclic) bond motifs is 1. The molecule has 2 heteroatoms. The van der Waals surface area contributed by atoms with Crippen LogP contribution in [0.15, 0.2) is 42.5 Å². The van der Waals surface area contributed by atoms with Crippen LogP contribution < -0.4 is 0 Å². The number of nitrogens with zero attached hydrogens (tertiary/aromatic N) is 1. The highest BCUT2D eigenvalue weighted by Crippen LogP contribution is 2.31. The monoisotopic (exact) mass is 271 g/mol. The topological polar surface area (TPSA) is 23.5 Å². The Morgan fingerprint density at radius 3 is 2.30 bits per heavy atom. The van der Waals surface area contributed by atoms with Crippen molar-refractivity contribution in [1.82, 2.24) is 4.90 Å². The fraction of sp³-hybridized carbons (Fsp3) is 0.444. The summed E-state index contributed by atoms with van der Waals surface area (Å²) in [6.07, 6.45) is -0.330. The summed E-state index contributed by atoms with van der Waals surface area (Å²) in [5.74, 6) is 0.384. The van der Waals surface area contributed by atoms with E-state index in [9.17, 15) is 5.11 Å². The van der Waals surface area contributed by atoms with Crippen molar-refractivity contribution in [2.75, 3.05) is 20.6 Å². The summed E-state index contributed by atoms with van der Waals surface area (Å²) in [4.78, 5) is 2.15. The van der Waals surface area contributed by atoms with Crippen molar-refractivity contribution >= 4 is 10.8 Å². The first-order valence-corrected chi connectivity index (χ1v) is 7.31. The maximum atomic E-state index is 10.6. The van der Waals surface area contributed by atoms with Crippen molar-refractivity contribution in [2.45, 2.75) is 25.9 Å². The van der Waals surface area contributed by atoms with E-state index < -0.39 is 0 Å². The Balaban J connectivity index is 2.50. The first kappa shape index (κ1) is 15.0. The second-order valence-electron chi connectivity index (χ2n) is 6.17. The van der Waals surface area contributed by atoms with Gasteiger partial charge in [0.2, 0.25) is 0 Å². The molecule has 2 aromatic rings. The van der Waals surface area contributed by atoms with Gasteiger partial charge in [0.15, 0.2) is 0 Å². The molecule has 2 atom stereocenters. The van der Waals surface area contributed by atoms with Crippen LogP contribution in [-0.4, -0.2) is 36.8 Å². The Labute approximate surface area is 122 Å². The SMILES string of the molecule is CC(C)[C@@H](O)[C@@H](CN(C)C)c1cccc2ccccc12. The first-order valence-electron chi connectivity index (χ1n) is 7.31. The predicted molar refractivity (Wildman–Crippen MR) is 86.1 cm³/mol. The van der Waals surface area contributed by atoms with Gasteiger partial charge in [0.05, 0.1) is 6.10 Å². The Hall–Kier alpha value is -1.38. The fourth-order valence-electron chi connectivity index (χ4n) is 2.82. The van der Waals surface area contributed by atoms with E-state index in [1.165, 1.54) is 16.3 Å². The summed E-state index contributed by atoms with van der Waals surface area (Å²) < 4.78 is 0. The molecule has 0 heterocycles. The van der Waals surface area contributed by atoms with Gasteiger partial charge in [-0.3, -0.25) is 0 Å². The van der Waals surface area contributed by atoms with Crippen LogP contribution in [0.25, 0.3) is 10.8 Å². The minimum Gasteiger partial charge on any atom is -0.392 e. The smallest absolute Gasteiger partial charge is 0.0644 e. The standard InChI is InChI=1S/C18H25NO/c1-13(2)18(20)17(12-19(3)4)16-11-7-9-14-8-5-6-10-15(14)16/h5-11,13,17-18,20H,12H2,1-4H3/t17-,18+/m0/s1. The van der Waals surface area contributed by atoms with Crippen molar-refractivity contribution < 1.29 is 5.11 Å². The van der Waals surface area contributed by atoms with Crippen molar-refractivity contribution in [2.24, 2.45) is 5.92 Å². The number of hydrogen-bond donors (Lipinski definition) is 1. The van der Waals surface area contributed by atoms with Gasteiger partial charge in [-0.2, -0.15) is 0 Å². The summed E-state index contributed by atoms with van der Waals surface area (Å²) in [6.45, 7) is 5.02. The Morgan fingerprint density at radius 2 is 1.65 bits per heavy atom. The zero-order valence-electron chi connectivity index (χ0n) is 12.9. The van der Waals surface area contributed by atoms with Crippen molar-refractivity contribution in [3.05, 3.63) is 48.0 Å². The maximum Gasteiger partial charge on any atom is 0.0644 e. The second-order valence-corrected chi connectivity index (χ2v) is 6.17. The fourth-order valence-corrected chi connectivity index (χ4v) is 2.82. The van der Waals surface area contributed by atoms with Gasteiger partial charge in [-0.25, -0.2) is 0 Å². The third-order valence-corrected chi connectivity index (χ3v) is 3.88. The molecule has 0 spiro atoms. The highest BCUT2D eigenvalue weighted by Gasteiger charge is 2.25. The normalized spacial score (nSPS) is 14.9. The van der Waals surface area contributed by atoms with E-state index in [0.717, 1.165) is 6.54 Å². The highest BCUT2D eigenvalue weighted by molar-refractivity contribution is 5.86. The molecular weight excluding hydrogens is 246 g/mol. The van der Waals surface area contributed by atoms with E-state index in [-0.39, 0.29) is 17.9 Å². The van der Waals surface area contributed by atoms with Gasteiger partial charge in [0.1, 0.15) is 0 Å². The van der Waals surface area contributed by atoms with Crippen LogP contribution >= 0.6 is 0 Å². The van der Waals surface area contributed by atoms with Gasteiger partial charge < -0.3 is 10.0 Å². The molecule has 2 aromatic carbocycles. The molecule has 0 saturated heterocycles. The molecule has 0 aromatic heterocycles. The zero-order chi connectivity index (χ0) is 14.7. The Bertz CT molecular complexity index is 557. The lowest BCUT2D eigenvalue weighted by Crippen LogP contribution is -2.32. The molecule has 0 bridgehead atoms. The molecule has 1 N–H and O–H groups in total. The number of hydrogen-bond acceptors (Lipinski definition) is 2. The number of aliphatic hydroxyl groups is 1. The minimum atomic E-state index is -0.330. The molecule has 0 fully saturated rings. The zero-order valence-corrected chi connectivity index (χ0v) is 12.9. The second kappa shape index (κ2) is 6.38. The molecule has 2 rings (SSSR count). The molecule has 2 nitrogen and oxygen atoms in total. The van der Waals surface area contributed by atoms with Gasteiger partial charge in [-0.15, -0.1) is 0 Å². The summed E-state index contributed by atoms with van der Waals surface area (Å²) in [5, 5.41) is 13.1. The minimum absolute atomic E-state index is 0.135. The molecule has 0 radical (unpaired) electrons. The Morgan fingerprint density at radius 1 is 1.00 bits per heavy atom.